The lowest BCUT2D eigenvalue weighted by Crippen LogP contribution is -2.43. The van der Waals surface area contributed by atoms with Crippen molar-refractivity contribution in [3.05, 3.63) is 89.0 Å². The van der Waals surface area contributed by atoms with Crippen LogP contribution in [0.2, 0.25) is 0 Å². The predicted molar refractivity (Wildman–Crippen MR) is 197 cm³/mol. The Balaban J connectivity index is 1.31. The van der Waals surface area contributed by atoms with Crippen molar-refractivity contribution >= 4 is 39.3 Å². The minimum Gasteiger partial charge on any atom is -0.484 e. The minimum absolute atomic E-state index is 0.102. The van der Waals surface area contributed by atoms with Gasteiger partial charge in [-0.3, -0.25) is 24.9 Å². The summed E-state index contributed by atoms with van der Waals surface area (Å²) in [5, 5.41) is 31.8. The van der Waals surface area contributed by atoms with Crippen LogP contribution in [0.25, 0.3) is 0 Å². The van der Waals surface area contributed by atoms with Crippen molar-refractivity contribution in [3.8, 4) is 5.75 Å². The quantitative estimate of drug-likeness (QED) is 0.100. The smallest absolute Gasteiger partial charge is 0.320 e. The van der Waals surface area contributed by atoms with Gasteiger partial charge in [0, 0.05) is 25.2 Å². The van der Waals surface area contributed by atoms with Crippen LogP contribution in [-0.2, 0) is 20.9 Å². The molecule has 2 atom stereocenters. The number of urea groups is 1. The summed E-state index contributed by atoms with van der Waals surface area (Å²) in [5.41, 5.74) is 3.09. The summed E-state index contributed by atoms with van der Waals surface area (Å²) < 4.78 is 36.0. The molecule has 14 heteroatoms. The second kappa shape index (κ2) is 16.0. The molecule has 2 unspecified atom stereocenters. The Bertz CT molecular complexity index is 1960. The second-order valence-corrected chi connectivity index (χ2v) is 15.7. The number of fused-ring (bicyclic) bond motifs is 1. The number of ether oxygens (including phenoxy) is 1. The number of amidine groups is 1. The summed E-state index contributed by atoms with van der Waals surface area (Å²) >= 11 is 0. The first kappa shape index (κ1) is 37.4. The Morgan fingerprint density at radius 2 is 1.71 bits per heavy atom. The number of carbonyl (C=O) groups is 1. The van der Waals surface area contributed by atoms with Gasteiger partial charge in [0.15, 0.2) is 0 Å². The van der Waals surface area contributed by atoms with Crippen LogP contribution < -0.4 is 20.9 Å². The first-order chi connectivity index (χ1) is 24.2. The van der Waals surface area contributed by atoms with Crippen molar-refractivity contribution in [2.75, 3.05) is 19.3 Å². The van der Waals surface area contributed by atoms with Crippen molar-refractivity contribution in [1.29, 1.82) is 16.2 Å². The standard InChI is InChI=1S/C37H48N8O5S/c1-37(2,3)32(38)22-34(41-26-12-10-11-25(21-26)24-49-51(4,47)48)43-36(46)42-30-16-17-31(29-14-7-6-13-28(29)30)50-27-15-18-33(39)45(23-27)35(40)44-19-8-5-9-20-44/h6-7,10-15,18,21,23,30-31,38-40H,5,8-9,16-17,19-20,22,24H2,1-4H3,(H2,41,42,43,46). The van der Waals surface area contributed by atoms with E-state index in [2.05, 4.69) is 15.6 Å². The number of benzene rings is 2. The summed E-state index contributed by atoms with van der Waals surface area (Å²) in [6.07, 6.45) is 6.95. The fraction of sp³-hybridized carbons (Fsp3) is 0.432. The molecule has 5 rings (SSSR count). The van der Waals surface area contributed by atoms with Gasteiger partial charge >= 0.3 is 6.03 Å². The molecule has 13 nitrogen and oxygen atoms in total. The van der Waals surface area contributed by atoms with Gasteiger partial charge in [0.05, 0.1) is 30.8 Å². The van der Waals surface area contributed by atoms with E-state index >= 15 is 0 Å². The van der Waals surface area contributed by atoms with Gasteiger partial charge in [-0.2, -0.15) is 8.42 Å². The third kappa shape index (κ3) is 10.4. The Kier molecular flexibility index (Phi) is 11.8. The fourth-order valence-corrected chi connectivity index (χ4v) is 6.44. The molecule has 0 spiro atoms. The molecule has 51 heavy (non-hydrogen) atoms. The van der Waals surface area contributed by atoms with Crippen LogP contribution in [0, 0.1) is 21.6 Å². The van der Waals surface area contributed by atoms with E-state index < -0.39 is 21.6 Å². The Morgan fingerprint density at radius 1 is 0.980 bits per heavy atom. The van der Waals surface area contributed by atoms with E-state index in [0.29, 0.717) is 35.6 Å². The number of carbonyl (C=O) groups excluding carboxylic acids is 1. The lowest BCUT2D eigenvalue weighted by atomic mass is 9.85. The van der Waals surface area contributed by atoms with E-state index in [0.717, 1.165) is 49.7 Å². The average Bonchev–Trinajstić information content (AvgIpc) is 3.08. The zero-order valence-corrected chi connectivity index (χ0v) is 30.5. The summed E-state index contributed by atoms with van der Waals surface area (Å²) in [4.78, 5) is 20.2. The topological polar surface area (TPSA) is 186 Å². The van der Waals surface area contributed by atoms with Crippen LogP contribution in [0.15, 0.2) is 71.9 Å². The van der Waals surface area contributed by atoms with Crippen LogP contribution in [0.4, 0.5) is 10.5 Å². The molecule has 2 aromatic carbocycles. The first-order valence-electron chi connectivity index (χ1n) is 17.2. The summed E-state index contributed by atoms with van der Waals surface area (Å²) in [6.45, 7) is 7.23. The molecule has 5 N–H and O–H groups in total. The number of likely N-dealkylation sites (tertiary alicyclic amines) is 1. The monoisotopic (exact) mass is 716 g/mol. The lowest BCUT2D eigenvalue weighted by molar-refractivity contribution is 0.171. The number of rotatable bonds is 9. The molecule has 1 saturated heterocycles. The largest absolute Gasteiger partial charge is 0.484 e. The van der Waals surface area contributed by atoms with Gasteiger partial charge in [-0.1, -0.05) is 57.2 Å². The SMILES string of the molecule is CC(C)(C)C(=N)CC(=Nc1cccc(COS(C)(=O)=O)c1)NC(=O)NC1CCC(Oc2ccc(=N)n(C(=N)N3CCCCC3)c2)c2ccccc21. The van der Waals surface area contributed by atoms with Crippen molar-refractivity contribution < 1.29 is 22.1 Å². The molecular weight excluding hydrogens is 669 g/mol. The normalized spacial score (nSPS) is 18.0. The van der Waals surface area contributed by atoms with E-state index in [1.807, 2.05) is 49.9 Å². The van der Waals surface area contributed by atoms with E-state index in [4.69, 9.17) is 25.1 Å². The van der Waals surface area contributed by atoms with Crippen LogP contribution >= 0.6 is 0 Å². The molecule has 272 valence electrons. The summed E-state index contributed by atoms with van der Waals surface area (Å²) in [6, 6.07) is 17.3. The molecule has 0 saturated carbocycles. The Morgan fingerprint density at radius 3 is 2.41 bits per heavy atom. The second-order valence-electron chi connectivity index (χ2n) is 14.1. The van der Waals surface area contributed by atoms with Crippen LogP contribution in [0.1, 0.15) is 88.1 Å². The average molecular weight is 717 g/mol. The van der Waals surface area contributed by atoms with Gasteiger partial charge in [0.2, 0.25) is 5.96 Å². The summed E-state index contributed by atoms with van der Waals surface area (Å²) in [5.74, 6) is 1.12. The van der Waals surface area contributed by atoms with Gasteiger partial charge in [-0.25, -0.2) is 9.79 Å². The molecule has 3 aromatic rings. The highest BCUT2D eigenvalue weighted by Gasteiger charge is 2.30. The van der Waals surface area contributed by atoms with Crippen molar-refractivity contribution in [2.45, 2.75) is 78.0 Å². The lowest BCUT2D eigenvalue weighted by Gasteiger charge is -2.33. The number of hydrogen-bond donors (Lipinski definition) is 5. The maximum Gasteiger partial charge on any atom is 0.320 e. The maximum atomic E-state index is 13.5. The molecule has 1 fully saturated rings. The number of aromatic nitrogens is 1. The van der Waals surface area contributed by atoms with E-state index in [9.17, 15) is 13.2 Å². The van der Waals surface area contributed by atoms with Gasteiger partial charge in [-0.05, 0) is 78.5 Å². The molecule has 1 aromatic heterocycles. The van der Waals surface area contributed by atoms with Crippen LogP contribution in [-0.4, -0.2) is 60.8 Å². The minimum atomic E-state index is -3.63. The zero-order chi connectivity index (χ0) is 36.8. The van der Waals surface area contributed by atoms with E-state index in [-0.39, 0.29) is 42.5 Å². The van der Waals surface area contributed by atoms with Crippen molar-refractivity contribution in [3.63, 3.8) is 0 Å². The highest BCUT2D eigenvalue weighted by atomic mass is 32.2. The predicted octanol–water partition coefficient (Wildman–Crippen LogP) is 6.15. The number of pyridine rings is 1. The number of aliphatic imine (C=N–C) groups is 1. The van der Waals surface area contributed by atoms with E-state index in [1.165, 1.54) is 0 Å². The molecule has 0 bridgehead atoms. The fourth-order valence-electron chi connectivity index (χ4n) is 6.09. The van der Waals surface area contributed by atoms with Gasteiger partial charge in [0.25, 0.3) is 10.1 Å². The molecule has 2 amide bonds. The number of amides is 2. The van der Waals surface area contributed by atoms with Crippen LogP contribution in [0.3, 0.4) is 0 Å². The van der Waals surface area contributed by atoms with Gasteiger partial charge in [-0.15, -0.1) is 0 Å². The molecule has 1 aliphatic carbocycles. The number of nitrogens with one attached hydrogen (secondary N) is 5. The van der Waals surface area contributed by atoms with Crippen molar-refractivity contribution in [1.82, 2.24) is 20.1 Å². The highest BCUT2D eigenvalue weighted by molar-refractivity contribution is 7.85. The zero-order valence-electron chi connectivity index (χ0n) is 29.7. The van der Waals surface area contributed by atoms with Crippen LogP contribution in [0.5, 0.6) is 5.75 Å². The van der Waals surface area contributed by atoms with E-state index in [1.54, 1.807) is 47.2 Å². The highest BCUT2D eigenvalue weighted by Crippen LogP contribution is 2.38. The Labute approximate surface area is 299 Å². The van der Waals surface area contributed by atoms with Gasteiger partial charge in [0.1, 0.15) is 23.2 Å². The number of piperidine rings is 1. The number of nitrogens with zero attached hydrogens (tertiary/aromatic N) is 3. The molecule has 2 aliphatic rings. The maximum absolute atomic E-state index is 13.5. The first-order valence-corrected chi connectivity index (χ1v) is 19.0. The molecule has 2 heterocycles. The van der Waals surface area contributed by atoms with Crippen molar-refractivity contribution in [2.24, 2.45) is 10.4 Å². The molecule has 1 aliphatic heterocycles. The molecular formula is C37H48N8O5S. The number of hydrogen-bond acceptors (Lipinski definition) is 9. The third-order valence-corrected chi connectivity index (χ3v) is 9.49. The molecule has 0 radical (unpaired) electrons. The summed E-state index contributed by atoms with van der Waals surface area (Å²) in [7, 11) is -3.63. The Hall–Kier alpha value is -4.82. The van der Waals surface area contributed by atoms with Gasteiger partial charge < -0.3 is 20.4 Å². The third-order valence-electron chi connectivity index (χ3n) is 8.95.